The van der Waals surface area contributed by atoms with Gasteiger partial charge in [-0.1, -0.05) is 42.5 Å². The number of aromatic nitrogens is 3. The Labute approximate surface area is 115 Å². The first kappa shape index (κ1) is 11.1. The molecule has 0 aliphatic heterocycles. The predicted octanol–water partition coefficient (Wildman–Crippen LogP) is 3.85. The Morgan fingerprint density at radius 1 is 0.700 bits per heavy atom. The number of pyridine rings is 1. The van der Waals surface area contributed by atoms with Crippen LogP contribution in [0.25, 0.3) is 33.1 Å². The van der Waals surface area contributed by atoms with Gasteiger partial charge in [-0.3, -0.25) is 4.98 Å². The van der Waals surface area contributed by atoms with Crippen molar-refractivity contribution in [1.29, 1.82) is 0 Å². The van der Waals surface area contributed by atoms with E-state index < -0.39 is 0 Å². The SMILES string of the molecule is c1ccc2nnc(-c3nccc4ccccc34)cc2c1. The molecule has 4 rings (SSSR count). The van der Waals surface area contributed by atoms with Crippen molar-refractivity contribution < 1.29 is 0 Å². The lowest BCUT2D eigenvalue weighted by Crippen LogP contribution is -1.92. The van der Waals surface area contributed by atoms with Crippen molar-refractivity contribution in [1.82, 2.24) is 15.2 Å². The molecule has 94 valence electrons. The number of fused-ring (bicyclic) bond motifs is 2. The Bertz CT molecular complexity index is 910. The molecule has 0 atom stereocenters. The molecule has 0 spiro atoms. The zero-order valence-electron chi connectivity index (χ0n) is 10.7. The maximum Gasteiger partial charge on any atom is 0.113 e. The van der Waals surface area contributed by atoms with Crippen molar-refractivity contribution in [3.05, 3.63) is 66.9 Å². The van der Waals surface area contributed by atoms with Crippen LogP contribution in [0.3, 0.4) is 0 Å². The van der Waals surface area contributed by atoms with E-state index in [1.165, 1.54) is 0 Å². The molecule has 20 heavy (non-hydrogen) atoms. The molecule has 4 aromatic rings. The summed E-state index contributed by atoms with van der Waals surface area (Å²) in [6.07, 6.45) is 1.81. The molecular formula is C17H11N3. The van der Waals surface area contributed by atoms with Crippen LogP contribution in [-0.2, 0) is 0 Å². The maximum absolute atomic E-state index is 4.48. The lowest BCUT2D eigenvalue weighted by Gasteiger charge is -2.05. The minimum atomic E-state index is 0.806. The Balaban J connectivity index is 2.01. The second-order valence-corrected chi connectivity index (χ2v) is 4.67. The van der Waals surface area contributed by atoms with Gasteiger partial charge < -0.3 is 0 Å². The molecule has 0 saturated carbocycles. The smallest absolute Gasteiger partial charge is 0.113 e. The predicted molar refractivity (Wildman–Crippen MR) is 80.3 cm³/mol. The zero-order chi connectivity index (χ0) is 13.4. The highest BCUT2D eigenvalue weighted by atomic mass is 15.1. The van der Waals surface area contributed by atoms with Crippen LogP contribution in [0.4, 0.5) is 0 Å². The summed E-state index contributed by atoms with van der Waals surface area (Å²) >= 11 is 0. The van der Waals surface area contributed by atoms with E-state index in [4.69, 9.17) is 0 Å². The third-order valence-electron chi connectivity index (χ3n) is 3.41. The molecule has 0 aliphatic carbocycles. The summed E-state index contributed by atoms with van der Waals surface area (Å²) in [5.41, 5.74) is 2.58. The maximum atomic E-state index is 4.48. The van der Waals surface area contributed by atoms with Gasteiger partial charge in [-0.15, -0.1) is 10.2 Å². The van der Waals surface area contributed by atoms with E-state index in [1.807, 2.05) is 54.7 Å². The first-order valence-corrected chi connectivity index (χ1v) is 6.48. The van der Waals surface area contributed by atoms with E-state index in [1.54, 1.807) is 0 Å². The van der Waals surface area contributed by atoms with Crippen molar-refractivity contribution in [2.24, 2.45) is 0 Å². The van der Waals surface area contributed by atoms with Crippen molar-refractivity contribution in [3.8, 4) is 11.4 Å². The van der Waals surface area contributed by atoms with Crippen LogP contribution in [-0.4, -0.2) is 15.2 Å². The lowest BCUT2D eigenvalue weighted by atomic mass is 10.1. The molecule has 0 unspecified atom stereocenters. The van der Waals surface area contributed by atoms with Crippen LogP contribution in [0.15, 0.2) is 66.9 Å². The molecule has 0 radical (unpaired) electrons. The molecule has 3 heteroatoms. The monoisotopic (exact) mass is 257 g/mol. The third kappa shape index (κ3) is 1.72. The fourth-order valence-electron chi connectivity index (χ4n) is 2.42. The van der Waals surface area contributed by atoms with Gasteiger partial charge in [-0.2, -0.15) is 0 Å². The van der Waals surface area contributed by atoms with Crippen LogP contribution in [0.5, 0.6) is 0 Å². The van der Waals surface area contributed by atoms with Crippen molar-refractivity contribution in [2.45, 2.75) is 0 Å². The van der Waals surface area contributed by atoms with E-state index in [9.17, 15) is 0 Å². The average molecular weight is 257 g/mol. The molecule has 2 aromatic carbocycles. The van der Waals surface area contributed by atoms with Gasteiger partial charge in [0.1, 0.15) is 5.69 Å². The molecule has 0 bridgehead atoms. The molecule has 3 nitrogen and oxygen atoms in total. The molecule has 2 heterocycles. The molecule has 2 aromatic heterocycles. The van der Waals surface area contributed by atoms with E-state index in [2.05, 4.69) is 27.3 Å². The fraction of sp³-hybridized carbons (Fsp3) is 0. The van der Waals surface area contributed by atoms with Crippen molar-refractivity contribution in [2.75, 3.05) is 0 Å². The van der Waals surface area contributed by atoms with Gasteiger partial charge in [0.2, 0.25) is 0 Å². The summed E-state index contributed by atoms with van der Waals surface area (Å²) in [6, 6.07) is 20.2. The number of benzene rings is 2. The molecular weight excluding hydrogens is 246 g/mol. The van der Waals surface area contributed by atoms with Crippen molar-refractivity contribution >= 4 is 21.7 Å². The number of rotatable bonds is 1. The molecule has 0 amide bonds. The van der Waals surface area contributed by atoms with Crippen LogP contribution >= 0.6 is 0 Å². The third-order valence-corrected chi connectivity index (χ3v) is 3.41. The van der Waals surface area contributed by atoms with Gasteiger partial charge >= 0.3 is 0 Å². The van der Waals surface area contributed by atoms with E-state index >= 15 is 0 Å². The Morgan fingerprint density at radius 2 is 1.50 bits per heavy atom. The van der Waals surface area contributed by atoms with E-state index in [0.29, 0.717) is 0 Å². The zero-order valence-corrected chi connectivity index (χ0v) is 10.7. The lowest BCUT2D eigenvalue weighted by molar-refractivity contribution is 1.07. The second-order valence-electron chi connectivity index (χ2n) is 4.67. The van der Waals surface area contributed by atoms with Gasteiger partial charge in [0.15, 0.2) is 0 Å². The van der Waals surface area contributed by atoms with Crippen LogP contribution in [0, 0.1) is 0 Å². The second kappa shape index (κ2) is 4.38. The highest BCUT2D eigenvalue weighted by Crippen LogP contribution is 2.26. The number of hydrogen-bond donors (Lipinski definition) is 0. The summed E-state index contributed by atoms with van der Waals surface area (Å²) in [7, 11) is 0. The first-order chi connectivity index (χ1) is 9.92. The highest BCUT2D eigenvalue weighted by molar-refractivity contribution is 5.94. The molecule has 0 fully saturated rings. The average Bonchev–Trinajstić information content (AvgIpc) is 2.54. The Hall–Kier alpha value is -2.81. The van der Waals surface area contributed by atoms with Gasteiger partial charge in [-0.05, 0) is 23.6 Å². The quantitative estimate of drug-likeness (QED) is 0.520. The van der Waals surface area contributed by atoms with E-state index in [0.717, 1.165) is 33.1 Å². The number of hydrogen-bond acceptors (Lipinski definition) is 3. The normalized spacial score (nSPS) is 11.0. The van der Waals surface area contributed by atoms with Crippen molar-refractivity contribution in [3.63, 3.8) is 0 Å². The van der Waals surface area contributed by atoms with Crippen LogP contribution in [0.2, 0.25) is 0 Å². The number of nitrogens with zero attached hydrogens (tertiary/aromatic N) is 3. The summed E-state index contributed by atoms with van der Waals surface area (Å²) < 4.78 is 0. The fourth-order valence-corrected chi connectivity index (χ4v) is 2.42. The highest BCUT2D eigenvalue weighted by Gasteiger charge is 2.07. The Kier molecular flexibility index (Phi) is 2.42. The topological polar surface area (TPSA) is 38.7 Å². The van der Waals surface area contributed by atoms with Crippen LogP contribution < -0.4 is 0 Å². The first-order valence-electron chi connectivity index (χ1n) is 6.48. The molecule has 0 saturated heterocycles. The summed E-state index contributed by atoms with van der Waals surface area (Å²) in [4.78, 5) is 4.48. The van der Waals surface area contributed by atoms with Gasteiger partial charge in [-0.25, -0.2) is 0 Å². The van der Waals surface area contributed by atoms with Gasteiger partial charge in [0, 0.05) is 17.0 Å². The minimum absolute atomic E-state index is 0.806. The molecule has 0 N–H and O–H groups in total. The minimum Gasteiger partial charge on any atom is -0.254 e. The Morgan fingerprint density at radius 3 is 2.45 bits per heavy atom. The van der Waals surface area contributed by atoms with Gasteiger partial charge in [0.25, 0.3) is 0 Å². The van der Waals surface area contributed by atoms with Crippen LogP contribution in [0.1, 0.15) is 0 Å². The largest absolute Gasteiger partial charge is 0.254 e. The van der Waals surface area contributed by atoms with E-state index in [-0.39, 0.29) is 0 Å². The summed E-state index contributed by atoms with van der Waals surface area (Å²) in [5, 5.41) is 11.9. The summed E-state index contributed by atoms with van der Waals surface area (Å²) in [6.45, 7) is 0. The van der Waals surface area contributed by atoms with Gasteiger partial charge in [0.05, 0.1) is 11.2 Å². The molecule has 0 aliphatic rings. The summed E-state index contributed by atoms with van der Waals surface area (Å²) in [5.74, 6) is 0. The standard InChI is InChI=1S/C17H11N3/c1-3-7-14-12(5-1)9-10-18-17(14)16-11-13-6-2-4-8-15(13)19-20-16/h1-11H.